The van der Waals surface area contributed by atoms with Crippen LogP contribution in [0.1, 0.15) is 41.9 Å². The molecule has 0 bridgehead atoms. The largest absolute Gasteiger partial charge is 0.464 e. The van der Waals surface area contributed by atoms with Gasteiger partial charge in [0.25, 0.3) is 5.91 Å². The molecule has 0 saturated carbocycles. The van der Waals surface area contributed by atoms with Gasteiger partial charge < -0.3 is 14.2 Å². The van der Waals surface area contributed by atoms with Gasteiger partial charge in [-0.3, -0.25) is 19.5 Å². The van der Waals surface area contributed by atoms with Gasteiger partial charge in [-0.2, -0.15) is 0 Å². The summed E-state index contributed by atoms with van der Waals surface area (Å²) in [6, 6.07) is 16.5. The molecule has 7 nitrogen and oxygen atoms in total. The Balaban J connectivity index is 1.55. The van der Waals surface area contributed by atoms with E-state index in [2.05, 4.69) is 22.5 Å². The highest BCUT2D eigenvalue weighted by molar-refractivity contribution is 6.08. The van der Waals surface area contributed by atoms with Crippen LogP contribution in [0.2, 0.25) is 0 Å². The molecule has 1 aromatic carbocycles. The lowest BCUT2D eigenvalue weighted by Crippen LogP contribution is -2.46. The molecule has 0 saturated heterocycles. The lowest BCUT2D eigenvalue weighted by atomic mass is 9.99. The highest BCUT2D eigenvalue weighted by atomic mass is 16.3. The average molecular weight is 494 g/mol. The van der Waals surface area contributed by atoms with Crippen molar-refractivity contribution in [3.05, 3.63) is 121 Å². The van der Waals surface area contributed by atoms with Gasteiger partial charge in [0.15, 0.2) is 5.76 Å². The van der Waals surface area contributed by atoms with E-state index in [1.807, 2.05) is 37.3 Å². The quantitative estimate of drug-likeness (QED) is 0.320. The Morgan fingerprint density at radius 1 is 0.973 bits per heavy atom. The number of aromatic nitrogens is 1. The van der Waals surface area contributed by atoms with Crippen molar-refractivity contribution in [2.24, 2.45) is 0 Å². The van der Waals surface area contributed by atoms with Crippen LogP contribution in [-0.4, -0.2) is 22.8 Å². The second-order valence-electron chi connectivity index (χ2n) is 8.78. The minimum absolute atomic E-state index is 0.128. The van der Waals surface area contributed by atoms with Gasteiger partial charge in [0.05, 0.1) is 18.6 Å². The van der Waals surface area contributed by atoms with Gasteiger partial charge in [-0.05, 0) is 79.9 Å². The van der Waals surface area contributed by atoms with Crippen LogP contribution in [0, 0.1) is 0 Å². The van der Waals surface area contributed by atoms with E-state index in [1.54, 1.807) is 55.1 Å². The fourth-order valence-electron chi connectivity index (χ4n) is 4.42. The zero-order valence-corrected chi connectivity index (χ0v) is 20.4. The van der Waals surface area contributed by atoms with Crippen molar-refractivity contribution in [1.29, 1.82) is 0 Å². The van der Waals surface area contributed by atoms with Crippen LogP contribution in [0.3, 0.4) is 0 Å². The number of pyridine rings is 1. The van der Waals surface area contributed by atoms with Crippen LogP contribution < -0.4 is 10.2 Å². The number of rotatable bonds is 8. The number of nitrogens with one attached hydrogen (secondary N) is 1. The van der Waals surface area contributed by atoms with Crippen molar-refractivity contribution in [2.75, 3.05) is 4.90 Å². The molecule has 1 unspecified atom stereocenters. The van der Waals surface area contributed by atoms with Gasteiger partial charge in [0.2, 0.25) is 5.91 Å². The molecule has 2 amide bonds. The molecule has 5 rings (SSSR count). The summed E-state index contributed by atoms with van der Waals surface area (Å²) in [5.74, 6) is 0.0713. The minimum Gasteiger partial charge on any atom is -0.464 e. The highest BCUT2D eigenvalue weighted by Crippen LogP contribution is 2.32. The van der Waals surface area contributed by atoms with E-state index < -0.39 is 11.9 Å². The normalized spacial score (nSPS) is 14.5. The van der Waals surface area contributed by atoms with Crippen molar-refractivity contribution in [3.63, 3.8) is 0 Å². The summed E-state index contributed by atoms with van der Waals surface area (Å²) < 4.78 is 11.0. The molecule has 0 fully saturated rings. The van der Waals surface area contributed by atoms with Gasteiger partial charge in [-0.1, -0.05) is 24.3 Å². The summed E-state index contributed by atoms with van der Waals surface area (Å²) in [6.07, 6.45) is 14.5. The van der Waals surface area contributed by atoms with Crippen LogP contribution in [-0.2, 0) is 4.79 Å². The Kier molecular flexibility index (Phi) is 7.12. The fraction of sp³-hybridized carbons (Fsp3) is 0.167. The molecule has 186 valence electrons. The molecule has 37 heavy (non-hydrogen) atoms. The van der Waals surface area contributed by atoms with E-state index in [0.29, 0.717) is 17.0 Å². The predicted molar refractivity (Wildman–Crippen MR) is 141 cm³/mol. The molecule has 3 heterocycles. The lowest BCUT2D eigenvalue weighted by molar-refractivity contribution is -0.122. The summed E-state index contributed by atoms with van der Waals surface area (Å²) in [4.78, 5) is 33.4. The maximum atomic E-state index is 13.9. The van der Waals surface area contributed by atoms with Crippen LogP contribution in [0.25, 0.3) is 11.3 Å². The lowest BCUT2D eigenvalue weighted by Gasteiger charge is -2.32. The number of carbonyl (C=O) groups excluding carboxylic acids is 2. The van der Waals surface area contributed by atoms with Gasteiger partial charge in [0.1, 0.15) is 11.8 Å². The number of amides is 2. The number of anilines is 1. The van der Waals surface area contributed by atoms with Gasteiger partial charge in [0, 0.05) is 29.2 Å². The van der Waals surface area contributed by atoms with Crippen molar-refractivity contribution >= 4 is 17.5 Å². The van der Waals surface area contributed by atoms with Gasteiger partial charge >= 0.3 is 0 Å². The zero-order chi connectivity index (χ0) is 25.6. The number of allylic oxidation sites excluding steroid dienone is 2. The monoisotopic (exact) mass is 493 g/mol. The topological polar surface area (TPSA) is 88.6 Å². The number of nitrogens with zero attached hydrogens (tertiary/aromatic N) is 2. The van der Waals surface area contributed by atoms with Crippen molar-refractivity contribution in [2.45, 2.75) is 31.8 Å². The Labute approximate surface area is 215 Å². The molecular formula is C30H27N3O4. The van der Waals surface area contributed by atoms with E-state index >= 15 is 0 Å². The van der Waals surface area contributed by atoms with Crippen LogP contribution in [0.5, 0.6) is 0 Å². The SMILES string of the molecule is C[C@H](NC(=O)C(c1cccnc1)N(C(=O)c1ccco1)c1ccc(-c2ccco2)cc1)C1=CCCC=C1. The third-order valence-electron chi connectivity index (χ3n) is 6.29. The summed E-state index contributed by atoms with van der Waals surface area (Å²) in [7, 11) is 0. The molecule has 1 aliphatic carbocycles. The number of carbonyl (C=O) groups is 2. The zero-order valence-electron chi connectivity index (χ0n) is 20.4. The molecule has 1 N–H and O–H groups in total. The van der Waals surface area contributed by atoms with Gasteiger partial charge in [-0.15, -0.1) is 0 Å². The predicted octanol–water partition coefficient (Wildman–Crippen LogP) is 6.10. The van der Waals surface area contributed by atoms with Crippen molar-refractivity contribution in [1.82, 2.24) is 10.3 Å². The second kappa shape index (κ2) is 11.0. The number of benzene rings is 1. The van der Waals surface area contributed by atoms with E-state index in [1.165, 1.54) is 11.2 Å². The first-order valence-electron chi connectivity index (χ1n) is 12.2. The molecule has 0 radical (unpaired) electrons. The molecule has 0 aliphatic heterocycles. The first kappa shape index (κ1) is 24.1. The van der Waals surface area contributed by atoms with Crippen molar-refractivity contribution in [3.8, 4) is 11.3 Å². The smallest absolute Gasteiger partial charge is 0.294 e. The van der Waals surface area contributed by atoms with E-state index in [-0.39, 0.29) is 17.7 Å². The third-order valence-corrected chi connectivity index (χ3v) is 6.29. The molecular weight excluding hydrogens is 466 g/mol. The minimum atomic E-state index is -0.989. The second-order valence-corrected chi connectivity index (χ2v) is 8.78. The molecule has 2 atom stereocenters. The van der Waals surface area contributed by atoms with Gasteiger partial charge in [-0.25, -0.2) is 0 Å². The third kappa shape index (κ3) is 5.30. The summed E-state index contributed by atoms with van der Waals surface area (Å²) >= 11 is 0. The Bertz CT molecular complexity index is 1390. The van der Waals surface area contributed by atoms with Crippen LogP contribution in [0.15, 0.2) is 118 Å². The van der Waals surface area contributed by atoms with Crippen LogP contribution in [0.4, 0.5) is 5.69 Å². The first-order chi connectivity index (χ1) is 18.1. The average Bonchev–Trinajstić information content (AvgIpc) is 3.68. The number of furan rings is 2. The Morgan fingerprint density at radius 3 is 2.43 bits per heavy atom. The fourth-order valence-corrected chi connectivity index (χ4v) is 4.42. The standard InChI is InChI=1S/C30H27N3O4/c1-21(22-8-3-2-4-9-22)32-29(34)28(24-10-5-17-31-20-24)33(30(35)27-12-7-19-37-27)25-15-13-23(14-16-25)26-11-6-18-36-26/h3,5-21,28H,2,4H2,1H3,(H,32,34)/t21-,28?/m0/s1. The van der Waals surface area contributed by atoms with Crippen LogP contribution >= 0.6 is 0 Å². The Hall–Kier alpha value is -4.65. The number of hydrogen-bond acceptors (Lipinski definition) is 5. The summed E-state index contributed by atoms with van der Waals surface area (Å²) in [5.41, 5.74) is 3.00. The molecule has 0 spiro atoms. The highest BCUT2D eigenvalue weighted by Gasteiger charge is 2.35. The summed E-state index contributed by atoms with van der Waals surface area (Å²) in [5, 5.41) is 3.11. The molecule has 3 aromatic heterocycles. The summed E-state index contributed by atoms with van der Waals surface area (Å²) in [6.45, 7) is 1.94. The van der Waals surface area contributed by atoms with E-state index in [9.17, 15) is 9.59 Å². The maximum Gasteiger partial charge on any atom is 0.294 e. The number of hydrogen-bond donors (Lipinski definition) is 1. The molecule has 7 heteroatoms. The first-order valence-corrected chi connectivity index (χ1v) is 12.2. The maximum absolute atomic E-state index is 13.9. The van der Waals surface area contributed by atoms with Crippen molar-refractivity contribution < 1.29 is 18.4 Å². The van der Waals surface area contributed by atoms with E-state index in [4.69, 9.17) is 8.83 Å². The molecule has 4 aromatic rings. The molecule has 1 aliphatic rings. The van der Waals surface area contributed by atoms with E-state index in [0.717, 1.165) is 24.0 Å². The Morgan fingerprint density at radius 2 is 1.78 bits per heavy atom.